The van der Waals surface area contributed by atoms with Crippen molar-refractivity contribution in [1.29, 1.82) is 0 Å². The smallest absolute Gasteiger partial charge is 0.330 e. The van der Waals surface area contributed by atoms with Gasteiger partial charge in [-0.2, -0.15) is 0 Å². The minimum Gasteiger partial charge on any atom is -0.493 e. The van der Waals surface area contributed by atoms with Gasteiger partial charge in [0.2, 0.25) is 5.91 Å². The molecule has 1 atom stereocenters. The Morgan fingerprint density at radius 2 is 1.67 bits per heavy atom. The van der Waals surface area contributed by atoms with Crippen LogP contribution in [0.25, 0.3) is 0 Å². The van der Waals surface area contributed by atoms with Gasteiger partial charge in [0.25, 0.3) is 0 Å². The van der Waals surface area contributed by atoms with Crippen LogP contribution >= 0.6 is 0 Å². The first-order valence-electron chi connectivity index (χ1n) is 7.80. The fourth-order valence-corrected chi connectivity index (χ4v) is 3.56. The number of hydrogen-bond acceptors (Lipinski definition) is 6. The van der Waals surface area contributed by atoms with Crippen LogP contribution in [0.5, 0.6) is 11.5 Å². The minimum absolute atomic E-state index is 0.137. The molecule has 0 fully saturated rings. The predicted molar refractivity (Wildman–Crippen MR) is 96.6 cm³/mol. The number of carbonyl (C=O) groups is 2. The average Bonchev–Trinajstić information content (AvgIpc) is 2.65. The number of rotatable bonds is 8. The lowest BCUT2D eigenvalue weighted by molar-refractivity contribution is -0.141. The number of amides is 1. The van der Waals surface area contributed by atoms with Gasteiger partial charge in [0, 0.05) is 6.07 Å². The van der Waals surface area contributed by atoms with Gasteiger partial charge in [-0.05, 0) is 17.7 Å². The standard InChI is InChI=1S/C18H19NO7S/c1-25-14-9-8-13(10-15(14)26-2)27(23,24)11-16(20)19-17(18(21)22)12-6-4-3-5-7-12/h3-10,17H,11H2,1-2H3,(H,19,20)(H,21,22). The van der Waals surface area contributed by atoms with Crippen molar-refractivity contribution in [3.63, 3.8) is 0 Å². The van der Waals surface area contributed by atoms with E-state index in [4.69, 9.17) is 9.47 Å². The summed E-state index contributed by atoms with van der Waals surface area (Å²) in [4.78, 5) is 23.5. The largest absolute Gasteiger partial charge is 0.493 e. The Bertz CT molecular complexity index is 926. The van der Waals surface area contributed by atoms with E-state index < -0.39 is 33.5 Å². The van der Waals surface area contributed by atoms with Crippen LogP contribution in [0.15, 0.2) is 53.4 Å². The monoisotopic (exact) mass is 393 g/mol. The summed E-state index contributed by atoms with van der Waals surface area (Å²) in [5, 5.41) is 11.6. The van der Waals surface area contributed by atoms with Crippen LogP contribution in [-0.4, -0.2) is 45.4 Å². The zero-order valence-corrected chi connectivity index (χ0v) is 15.5. The van der Waals surface area contributed by atoms with Gasteiger partial charge in [0.1, 0.15) is 5.75 Å². The third kappa shape index (κ3) is 4.98. The summed E-state index contributed by atoms with van der Waals surface area (Å²) in [5.74, 6) is -2.58. The van der Waals surface area contributed by atoms with Gasteiger partial charge in [-0.25, -0.2) is 13.2 Å². The summed E-state index contributed by atoms with van der Waals surface area (Å²) in [6.45, 7) is 0. The number of sulfone groups is 1. The molecule has 1 unspecified atom stereocenters. The van der Waals surface area contributed by atoms with Gasteiger partial charge in [-0.15, -0.1) is 0 Å². The van der Waals surface area contributed by atoms with Crippen molar-refractivity contribution >= 4 is 21.7 Å². The lowest BCUT2D eigenvalue weighted by atomic mass is 10.1. The zero-order chi connectivity index (χ0) is 20.0. The van der Waals surface area contributed by atoms with E-state index >= 15 is 0 Å². The van der Waals surface area contributed by atoms with Crippen LogP contribution in [0, 0.1) is 0 Å². The molecule has 0 heterocycles. The summed E-state index contributed by atoms with van der Waals surface area (Å²) >= 11 is 0. The molecule has 0 aromatic heterocycles. The van der Waals surface area contributed by atoms with E-state index in [1.54, 1.807) is 18.2 Å². The molecule has 144 valence electrons. The molecule has 0 saturated heterocycles. The van der Waals surface area contributed by atoms with Crippen LogP contribution in [0.4, 0.5) is 0 Å². The Hall–Kier alpha value is -3.07. The van der Waals surface area contributed by atoms with Gasteiger partial charge in [-0.1, -0.05) is 30.3 Å². The Morgan fingerprint density at radius 1 is 1.04 bits per heavy atom. The molecule has 2 aromatic rings. The predicted octanol–water partition coefficient (Wildman–Crippen LogP) is 1.42. The average molecular weight is 393 g/mol. The van der Waals surface area contributed by atoms with Crippen molar-refractivity contribution in [2.45, 2.75) is 10.9 Å². The Labute approximate surface area is 156 Å². The molecule has 9 heteroatoms. The molecule has 0 aliphatic rings. The van der Waals surface area contributed by atoms with Gasteiger partial charge >= 0.3 is 5.97 Å². The first-order chi connectivity index (χ1) is 12.8. The highest BCUT2D eigenvalue weighted by Gasteiger charge is 2.26. The Kier molecular flexibility index (Phi) is 6.40. The van der Waals surface area contributed by atoms with Crippen LogP contribution in [0.1, 0.15) is 11.6 Å². The van der Waals surface area contributed by atoms with Crippen molar-refractivity contribution in [1.82, 2.24) is 5.32 Å². The van der Waals surface area contributed by atoms with Crippen molar-refractivity contribution < 1.29 is 32.6 Å². The number of aliphatic carboxylic acids is 1. The molecule has 0 aliphatic heterocycles. The van der Waals surface area contributed by atoms with Gasteiger partial charge in [-0.3, -0.25) is 4.79 Å². The molecule has 2 aromatic carbocycles. The Balaban J connectivity index is 2.19. The molecule has 2 rings (SSSR count). The van der Waals surface area contributed by atoms with Crippen molar-refractivity contribution in [2.75, 3.05) is 20.0 Å². The minimum atomic E-state index is -4.01. The quantitative estimate of drug-likeness (QED) is 0.696. The lowest BCUT2D eigenvalue weighted by Gasteiger charge is -2.15. The number of ether oxygens (including phenoxy) is 2. The van der Waals surface area contributed by atoms with Crippen molar-refractivity contribution in [3.8, 4) is 11.5 Å². The highest BCUT2D eigenvalue weighted by molar-refractivity contribution is 7.92. The number of benzene rings is 2. The molecule has 0 radical (unpaired) electrons. The highest BCUT2D eigenvalue weighted by Crippen LogP contribution is 2.29. The van der Waals surface area contributed by atoms with Crippen LogP contribution in [-0.2, 0) is 19.4 Å². The van der Waals surface area contributed by atoms with E-state index in [1.165, 1.54) is 44.6 Å². The molecular formula is C18H19NO7S. The SMILES string of the molecule is COc1ccc(S(=O)(=O)CC(=O)NC(C(=O)O)c2ccccc2)cc1OC. The molecule has 8 nitrogen and oxygen atoms in total. The molecule has 0 bridgehead atoms. The van der Waals surface area contributed by atoms with E-state index in [0.29, 0.717) is 11.3 Å². The maximum Gasteiger partial charge on any atom is 0.330 e. The summed E-state index contributed by atoms with van der Waals surface area (Å²) in [6.07, 6.45) is 0. The van der Waals surface area contributed by atoms with Crippen LogP contribution in [0.2, 0.25) is 0 Å². The van der Waals surface area contributed by atoms with Crippen molar-refractivity contribution in [2.24, 2.45) is 0 Å². The van der Waals surface area contributed by atoms with Gasteiger partial charge in [0.15, 0.2) is 27.4 Å². The maximum absolute atomic E-state index is 12.5. The Morgan fingerprint density at radius 3 is 2.22 bits per heavy atom. The third-order valence-electron chi connectivity index (χ3n) is 3.72. The zero-order valence-electron chi connectivity index (χ0n) is 14.7. The molecule has 1 amide bonds. The van der Waals surface area contributed by atoms with E-state index in [0.717, 1.165) is 0 Å². The summed E-state index contributed by atoms with van der Waals surface area (Å²) in [5.41, 5.74) is 0.335. The number of carboxylic acid groups (broad SMARTS) is 1. The van der Waals surface area contributed by atoms with E-state index in [2.05, 4.69) is 5.32 Å². The molecule has 2 N–H and O–H groups in total. The third-order valence-corrected chi connectivity index (χ3v) is 5.33. The molecular weight excluding hydrogens is 374 g/mol. The first kappa shape index (κ1) is 20.2. The number of carboxylic acids is 1. The van der Waals surface area contributed by atoms with Crippen molar-refractivity contribution in [3.05, 3.63) is 54.1 Å². The number of hydrogen-bond donors (Lipinski definition) is 2. The first-order valence-corrected chi connectivity index (χ1v) is 9.45. The van der Waals surface area contributed by atoms with Crippen LogP contribution in [0.3, 0.4) is 0 Å². The van der Waals surface area contributed by atoms with E-state index in [-0.39, 0.29) is 10.6 Å². The fourth-order valence-electron chi connectivity index (χ4n) is 2.40. The summed E-state index contributed by atoms with van der Waals surface area (Å²) < 4.78 is 35.1. The van der Waals surface area contributed by atoms with E-state index in [1.807, 2.05) is 0 Å². The second-order valence-corrected chi connectivity index (χ2v) is 7.51. The number of methoxy groups -OCH3 is 2. The fraction of sp³-hybridized carbons (Fsp3) is 0.222. The molecule has 27 heavy (non-hydrogen) atoms. The molecule has 0 spiro atoms. The lowest BCUT2D eigenvalue weighted by Crippen LogP contribution is -2.37. The van der Waals surface area contributed by atoms with Gasteiger partial charge in [0.05, 0.1) is 19.1 Å². The topological polar surface area (TPSA) is 119 Å². The normalized spacial score (nSPS) is 12.1. The summed E-state index contributed by atoms with van der Waals surface area (Å²) in [6, 6.07) is 10.6. The highest BCUT2D eigenvalue weighted by atomic mass is 32.2. The second kappa shape index (κ2) is 8.54. The summed E-state index contributed by atoms with van der Waals surface area (Å²) in [7, 11) is -1.24. The number of carbonyl (C=O) groups excluding carboxylic acids is 1. The van der Waals surface area contributed by atoms with E-state index in [9.17, 15) is 23.1 Å². The van der Waals surface area contributed by atoms with Crippen LogP contribution < -0.4 is 14.8 Å². The maximum atomic E-state index is 12.5. The second-order valence-electron chi connectivity index (χ2n) is 5.53. The van der Waals surface area contributed by atoms with Gasteiger partial charge < -0.3 is 19.9 Å². The molecule has 0 aliphatic carbocycles. The molecule has 0 saturated carbocycles. The number of nitrogens with one attached hydrogen (secondary N) is 1.